The number of rotatable bonds is 7. The molecule has 138 valence electrons. The molecule has 1 aromatic carbocycles. The zero-order valence-corrected chi connectivity index (χ0v) is 16.3. The van der Waals surface area contributed by atoms with Crippen LogP contribution in [0, 0.1) is 0 Å². The molecule has 2 aromatic rings. The smallest absolute Gasteiger partial charge is 0.274 e. The lowest BCUT2D eigenvalue weighted by Crippen LogP contribution is -2.33. The molecular formula is C19H21Cl2N3O2. The third-order valence-electron chi connectivity index (χ3n) is 3.67. The number of nitrogens with zero attached hydrogens (tertiary/aromatic N) is 2. The van der Waals surface area contributed by atoms with Crippen LogP contribution in [0.1, 0.15) is 47.7 Å². The SMILES string of the molecule is CCCN(CCC)C(=O)c1cccc(C(=O)Nc2cccc(Cl)c2Cl)n1. The average molecular weight is 394 g/mol. The second-order valence-electron chi connectivity index (χ2n) is 5.76. The molecule has 0 fully saturated rings. The number of carbonyl (C=O) groups excluding carboxylic acids is 2. The van der Waals surface area contributed by atoms with E-state index in [0.717, 1.165) is 12.8 Å². The number of pyridine rings is 1. The summed E-state index contributed by atoms with van der Waals surface area (Å²) in [5.41, 5.74) is 0.776. The molecule has 0 atom stereocenters. The van der Waals surface area contributed by atoms with E-state index in [4.69, 9.17) is 23.2 Å². The summed E-state index contributed by atoms with van der Waals surface area (Å²) in [6, 6.07) is 9.77. The van der Waals surface area contributed by atoms with E-state index < -0.39 is 5.91 Å². The number of aromatic nitrogens is 1. The lowest BCUT2D eigenvalue weighted by molar-refractivity contribution is 0.0749. The van der Waals surface area contributed by atoms with Gasteiger partial charge in [-0.2, -0.15) is 0 Å². The first-order valence-corrected chi connectivity index (χ1v) is 9.25. The molecule has 0 aliphatic carbocycles. The maximum atomic E-state index is 12.6. The Kier molecular flexibility index (Phi) is 7.42. The summed E-state index contributed by atoms with van der Waals surface area (Å²) in [7, 11) is 0. The molecule has 0 saturated carbocycles. The highest BCUT2D eigenvalue weighted by Crippen LogP contribution is 2.29. The van der Waals surface area contributed by atoms with Gasteiger partial charge in [0.2, 0.25) is 0 Å². The molecule has 26 heavy (non-hydrogen) atoms. The van der Waals surface area contributed by atoms with Crippen LogP contribution in [0.3, 0.4) is 0 Å². The van der Waals surface area contributed by atoms with Crippen LogP contribution >= 0.6 is 23.2 Å². The Labute approximate surface area is 163 Å². The van der Waals surface area contributed by atoms with E-state index in [2.05, 4.69) is 10.3 Å². The number of carbonyl (C=O) groups is 2. The van der Waals surface area contributed by atoms with Crippen LogP contribution in [-0.2, 0) is 0 Å². The number of hydrogen-bond acceptors (Lipinski definition) is 3. The first-order chi connectivity index (χ1) is 12.5. The molecule has 0 aliphatic heterocycles. The van der Waals surface area contributed by atoms with Crippen molar-refractivity contribution in [1.29, 1.82) is 0 Å². The summed E-state index contributed by atoms with van der Waals surface area (Å²) in [6.45, 7) is 5.34. The normalized spacial score (nSPS) is 10.5. The Bertz CT molecular complexity index is 790. The largest absolute Gasteiger partial charge is 0.337 e. The second kappa shape index (κ2) is 9.55. The number of halogens is 2. The fourth-order valence-electron chi connectivity index (χ4n) is 2.48. The van der Waals surface area contributed by atoms with Gasteiger partial charge in [-0.05, 0) is 37.1 Å². The number of hydrogen-bond donors (Lipinski definition) is 1. The molecule has 7 heteroatoms. The molecule has 0 saturated heterocycles. The van der Waals surface area contributed by atoms with Crippen molar-refractivity contribution >= 4 is 40.7 Å². The maximum absolute atomic E-state index is 12.6. The topological polar surface area (TPSA) is 62.3 Å². The first kappa shape index (κ1) is 20.2. The molecule has 5 nitrogen and oxygen atoms in total. The van der Waals surface area contributed by atoms with E-state index in [1.807, 2.05) is 13.8 Å². The van der Waals surface area contributed by atoms with E-state index >= 15 is 0 Å². The summed E-state index contributed by atoms with van der Waals surface area (Å²) in [5, 5.41) is 3.27. The summed E-state index contributed by atoms with van der Waals surface area (Å²) in [6.07, 6.45) is 1.72. The van der Waals surface area contributed by atoms with Crippen LogP contribution < -0.4 is 5.32 Å². The molecule has 2 rings (SSSR count). The minimum absolute atomic E-state index is 0.139. The molecule has 1 aromatic heterocycles. The Morgan fingerprint density at radius 2 is 1.62 bits per heavy atom. The zero-order chi connectivity index (χ0) is 19.1. The lowest BCUT2D eigenvalue weighted by atomic mass is 10.2. The molecule has 0 spiro atoms. The van der Waals surface area contributed by atoms with Crippen LogP contribution in [0.2, 0.25) is 10.0 Å². The molecule has 0 unspecified atom stereocenters. The van der Waals surface area contributed by atoms with Crippen molar-refractivity contribution in [3.05, 3.63) is 57.8 Å². The van der Waals surface area contributed by atoms with Crippen LogP contribution in [0.25, 0.3) is 0 Å². The second-order valence-corrected chi connectivity index (χ2v) is 6.54. The summed E-state index contributed by atoms with van der Waals surface area (Å²) >= 11 is 12.0. The highest BCUT2D eigenvalue weighted by Gasteiger charge is 2.18. The highest BCUT2D eigenvalue weighted by atomic mass is 35.5. The van der Waals surface area contributed by atoms with E-state index in [0.29, 0.717) is 23.8 Å². The quantitative estimate of drug-likeness (QED) is 0.726. The minimum atomic E-state index is -0.457. The Morgan fingerprint density at radius 3 is 2.27 bits per heavy atom. The van der Waals surface area contributed by atoms with Crippen molar-refractivity contribution in [2.45, 2.75) is 26.7 Å². The molecule has 1 N–H and O–H groups in total. The van der Waals surface area contributed by atoms with Gasteiger partial charge in [0.15, 0.2) is 0 Å². The van der Waals surface area contributed by atoms with Gasteiger partial charge in [-0.15, -0.1) is 0 Å². The first-order valence-electron chi connectivity index (χ1n) is 8.49. The molecule has 0 bridgehead atoms. The van der Waals surface area contributed by atoms with Crippen molar-refractivity contribution in [2.75, 3.05) is 18.4 Å². The highest BCUT2D eigenvalue weighted by molar-refractivity contribution is 6.44. The van der Waals surface area contributed by atoms with Gasteiger partial charge in [-0.3, -0.25) is 9.59 Å². The fraction of sp³-hybridized carbons (Fsp3) is 0.316. The maximum Gasteiger partial charge on any atom is 0.274 e. The van der Waals surface area contributed by atoms with Crippen molar-refractivity contribution in [1.82, 2.24) is 9.88 Å². The Morgan fingerprint density at radius 1 is 1.00 bits per heavy atom. The van der Waals surface area contributed by atoms with Gasteiger partial charge in [-0.1, -0.05) is 49.2 Å². The number of nitrogens with one attached hydrogen (secondary N) is 1. The van der Waals surface area contributed by atoms with Crippen LogP contribution in [-0.4, -0.2) is 34.8 Å². The van der Waals surface area contributed by atoms with Crippen LogP contribution in [0.4, 0.5) is 5.69 Å². The minimum Gasteiger partial charge on any atom is -0.337 e. The van der Waals surface area contributed by atoms with E-state index in [-0.39, 0.29) is 22.3 Å². The Hall–Kier alpha value is -2.11. The summed E-state index contributed by atoms with van der Waals surface area (Å²) in [5.74, 6) is -0.634. The molecule has 0 aliphatic rings. The van der Waals surface area contributed by atoms with Gasteiger partial charge >= 0.3 is 0 Å². The van der Waals surface area contributed by atoms with Gasteiger partial charge in [0.05, 0.1) is 15.7 Å². The van der Waals surface area contributed by atoms with Gasteiger partial charge in [-0.25, -0.2) is 4.98 Å². The standard InChI is InChI=1S/C19H21Cl2N3O2/c1-3-11-24(12-4-2)19(26)16-10-6-9-15(22-16)18(25)23-14-8-5-7-13(20)17(14)21/h5-10H,3-4,11-12H2,1-2H3,(H,23,25). The fourth-order valence-corrected chi connectivity index (χ4v) is 2.83. The number of anilines is 1. The van der Waals surface area contributed by atoms with E-state index in [1.54, 1.807) is 41.3 Å². The van der Waals surface area contributed by atoms with Gasteiger partial charge in [0, 0.05) is 13.1 Å². The van der Waals surface area contributed by atoms with Crippen LogP contribution in [0.15, 0.2) is 36.4 Å². The van der Waals surface area contributed by atoms with Crippen LogP contribution in [0.5, 0.6) is 0 Å². The number of benzene rings is 1. The van der Waals surface area contributed by atoms with Crippen molar-refractivity contribution in [3.63, 3.8) is 0 Å². The van der Waals surface area contributed by atoms with Gasteiger partial charge < -0.3 is 10.2 Å². The van der Waals surface area contributed by atoms with E-state index in [1.165, 1.54) is 0 Å². The number of amides is 2. The summed E-state index contributed by atoms with van der Waals surface area (Å²) in [4.78, 5) is 31.1. The van der Waals surface area contributed by atoms with Gasteiger partial charge in [0.1, 0.15) is 11.4 Å². The van der Waals surface area contributed by atoms with Gasteiger partial charge in [0.25, 0.3) is 11.8 Å². The Balaban J connectivity index is 2.21. The van der Waals surface area contributed by atoms with Crippen molar-refractivity contribution in [3.8, 4) is 0 Å². The lowest BCUT2D eigenvalue weighted by Gasteiger charge is -2.21. The predicted octanol–water partition coefficient (Wildman–Crippen LogP) is 4.90. The molecular weight excluding hydrogens is 373 g/mol. The predicted molar refractivity (Wildman–Crippen MR) is 105 cm³/mol. The van der Waals surface area contributed by atoms with E-state index in [9.17, 15) is 9.59 Å². The zero-order valence-electron chi connectivity index (χ0n) is 14.8. The third-order valence-corrected chi connectivity index (χ3v) is 4.49. The average Bonchev–Trinajstić information content (AvgIpc) is 2.65. The van der Waals surface area contributed by atoms with Crippen molar-refractivity contribution in [2.24, 2.45) is 0 Å². The molecule has 0 radical (unpaired) electrons. The third kappa shape index (κ3) is 4.96. The monoisotopic (exact) mass is 393 g/mol. The van der Waals surface area contributed by atoms with Crippen molar-refractivity contribution < 1.29 is 9.59 Å². The molecule has 1 heterocycles. The summed E-state index contributed by atoms with van der Waals surface area (Å²) < 4.78 is 0. The molecule has 2 amide bonds.